The highest BCUT2D eigenvalue weighted by atomic mass is 32.2. The number of carbonyl (C=O) groups is 2. The molecule has 1 aliphatic carbocycles. The first-order valence-electron chi connectivity index (χ1n) is 11.1. The van der Waals surface area contributed by atoms with Gasteiger partial charge < -0.3 is 13.9 Å². The molecule has 4 rings (SSSR count). The smallest absolute Gasteiger partial charge is 0.264 e. The zero-order valence-corrected chi connectivity index (χ0v) is 19.9. The first kappa shape index (κ1) is 23.1. The molecule has 1 aromatic carbocycles. The minimum absolute atomic E-state index is 0.0853. The molecule has 2 amide bonds. The second kappa shape index (κ2) is 9.05. The molecule has 0 aliphatic heterocycles. The fraction of sp³-hybridized carbons (Fsp3) is 0.417. The number of furan rings is 1. The van der Waals surface area contributed by atoms with Crippen LogP contribution in [0.1, 0.15) is 53.9 Å². The van der Waals surface area contributed by atoms with Crippen molar-refractivity contribution in [2.24, 2.45) is 0 Å². The summed E-state index contributed by atoms with van der Waals surface area (Å²) in [5.41, 5.74) is 3.90. The summed E-state index contributed by atoms with van der Waals surface area (Å²) >= 11 is 0. The van der Waals surface area contributed by atoms with Crippen molar-refractivity contribution in [1.82, 2.24) is 14.2 Å². The van der Waals surface area contributed by atoms with Gasteiger partial charge in [0.25, 0.3) is 5.91 Å². The zero-order chi connectivity index (χ0) is 23.8. The summed E-state index contributed by atoms with van der Waals surface area (Å²) in [4.78, 5) is 26.9. The van der Waals surface area contributed by atoms with E-state index in [2.05, 4.69) is 0 Å². The van der Waals surface area contributed by atoms with Gasteiger partial charge in [0, 0.05) is 30.6 Å². The van der Waals surface area contributed by atoms with Crippen molar-refractivity contribution in [3.05, 3.63) is 47.9 Å². The maximum Gasteiger partial charge on any atom is 0.264 e. The molecule has 8 nitrogen and oxygen atoms in total. The largest absolute Gasteiger partial charge is 0.472 e. The van der Waals surface area contributed by atoms with Crippen molar-refractivity contribution in [2.75, 3.05) is 20.4 Å². The van der Waals surface area contributed by atoms with E-state index in [9.17, 15) is 18.0 Å². The fourth-order valence-electron chi connectivity index (χ4n) is 4.70. The number of nitrogens with zero attached hydrogens (tertiary/aromatic N) is 2. The van der Waals surface area contributed by atoms with Crippen LogP contribution in [0.2, 0.25) is 0 Å². The summed E-state index contributed by atoms with van der Waals surface area (Å²) in [7, 11) is -0.286. The monoisotopic (exact) mass is 471 g/mol. The van der Waals surface area contributed by atoms with E-state index >= 15 is 0 Å². The summed E-state index contributed by atoms with van der Waals surface area (Å²) in [6.45, 7) is 0.0912. The molecule has 176 valence electrons. The Balaban J connectivity index is 1.96. The second-order valence-electron chi connectivity index (χ2n) is 8.92. The molecule has 33 heavy (non-hydrogen) atoms. The van der Waals surface area contributed by atoms with Gasteiger partial charge in [-0.15, -0.1) is 0 Å². The third-order valence-electron chi connectivity index (χ3n) is 6.24. The average molecular weight is 472 g/mol. The summed E-state index contributed by atoms with van der Waals surface area (Å²) in [5.74, 6) is -0.453. The van der Waals surface area contributed by atoms with Gasteiger partial charge in [0.1, 0.15) is 6.54 Å². The van der Waals surface area contributed by atoms with E-state index in [1.54, 1.807) is 38.8 Å². The normalized spacial score (nSPS) is 15.0. The van der Waals surface area contributed by atoms with Crippen molar-refractivity contribution in [2.45, 2.75) is 44.6 Å². The van der Waals surface area contributed by atoms with Gasteiger partial charge in [-0.1, -0.05) is 25.3 Å². The SMILES string of the molecule is CN(C)C(=O)Cn1c(-c2ccoc2)c(C2CCCCC2)c2ccc(C(=O)NS(C)(=O)=O)cc21. The summed E-state index contributed by atoms with van der Waals surface area (Å²) < 4.78 is 32.5. The van der Waals surface area contributed by atoms with Gasteiger partial charge in [-0.25, -0.2) is 13.1 Å². The van der Waals surface area contributed by atoms with Crippen LogP contribution in [0.15, 0.2) is 41.2 Å². The van der Waals surface area contributed by atoms with Gasteiger partial charge in [0.2, 0.25) is 15.9 Å². The molecule has 1 N–H and O–H groups in total. The van der Waals surface area contributed by atoms with Crippen LogP contribution < -0.4 is 4.72 Å². The van der Waals surface area contributed by atoms with Crippen LogP contribution in [-0.4, -0.2) is 50.1 Å². The van der Waals surface area contributed by atoms with Crippen LogP contribution >= 0.6 is 0 Å². The quantitative estimate of drug-likeness (QED) is 0.590. The molecular formula is C24H29N3O5S. The van der Waals surface area contributed by atoms with E-state index in [1.807, 2.05) is 21.4 Å². The van der Waals surface area contributed by atoms with E-state index in [0.717, 1.165) is 59.7 Å². The molecule has 1 fully saturated rings. The first-order chi connectivity index (χ1) is 15.7. The Morgan fingerprint density at radius 1 is 1.15 bits per heavy atom. The fourth-order valence-corrected chi connectivity index (χ4v) is 5.16. The lowest BCUT2D eigenvalue weighted by Crippen LogP contribution is -2.29. The highest BCUT2D eigenvalue weighted by Gasteiger charge is 2.28. The summed E-state index contributed by atoms with van der Waals surface area (Å²) in [5, 5.41) is 0.973. The van der Waals surface area contributed by atoms with Gasteiger partial charge in [-0.05, 0) is 42.5 Å². The van der Waals surface area contributed by atoms with Crippen molar-refractivity contribution in [3.63, 3.8) is 0 Å². The first-order valence-corrected chi connectivity index (χ1v) is 13.0. The van der Waals surface area contributed by atoms with Gasteiger partial charge >= 0.3 is 0 Å². The minimum atomic E-state index is -3.70. The number of likely N-dealkylation sites (N-methyl/N-ethyl adjacent to an activating group) is 1. The molecule has 0 radical (unpaired) electrons. The molecule has 0 bridgehead atoms. The molecule has 0 saturated heterocycles. The highest BCUT2D eigenvalue weighted by Crippen LogP contribution is 2.44. The molecule has 0 spiro atoms. The number of hydrogen-bond acceptors (Lipinski definition) is 5. The Kier molecular flexibility index (Phi) is 6.34. The van der Waals surface area contributed by atoms with E-state index in [4.69, 9.17) is 4.42 Å². The number of aromatic nitrogens is 1. The molecular weight excluding hydrogens is 442 g/mol. The number of rotatable bonds is 6. The number of amides is 2. The molecule has 3 aromatic rings. The van der Waals surface area contributed by atoms with Gasteiger partial charge in [-0.2, -0.15) is 0 Å². The van der Waals surface area contributed by atoms with Crippen LogP contribution in [0, 0.1) is 0 Å². The van der Waals surface area contributed by atoms with Gasteiger partial charge in [-0.3, -0.25) is 9.59 Å². The number of carbonyl (C=O) groups excluding carboxylic acids is 2. The highest BCUT2D eigenvalue weighted by molar-refractivity contribution is 7.89. The minimum Gasteiger partial charge on any atom is -0.472 e. The lowest BCUT2D eigenvalue weighted by atomic mass is 9.82. The van der Waals surface area contributed by atoms with Crippen LogP contribution in [0.3, 0.4) is 0 Å². The Labute approximate surface area is 193 Å². The van der Waals surface area contributed by atoms with Crippen molar-refractivity contribution < 1.29 is 22.4 Å². The van der Waals surface area contributed by atoms with Crippen molar-refractivity contribution >= 4 is 32.7 Å². The molecule has 2 heterocycles. The number of benzene rings is 1. The predicted octanol–water partition coefficient (Wildman–Crippen LogP) is 3.73. The zero-order valence-electron chi connectivity index (χ0n) is 19.1. The molecule has 1 saturated carbocycles. The number of nitrogens with one attached hydrogen (secondary N) is 1. The van der Waals surface area contributed by atoms with Crippen LogP contribution in [-0.2, 0) is 21.4 Å². The molecule has 0 unspecified atom stereocenters. The van der Waals surface area contributed by atoms with E-state index in [1.165, 1.54) is 11.3 Å². The average Bonchev–Trinajstić information content (AvgIpc) is 3.39. The lowest BCUT2D eigenvalue weighted by Gasteiger charge is -2.23. The molecule has 1 aliphatic rings. The molecule has 2 aromatic heterocycles. The van der Waals surface area contributed by atoms with Crippen LogP contribution in [0.4, 0.5) is 0 Å². The van der Waals surface area contributed by atoms with Gasteiger partial charge in [0.15, 0.2) is 0 Å². The standard InChI is InChI=1S/C24H29N3O5S/c1-26(2)21(28)14-27-20-13-17(24(29)25-33(3,30)31)9-10-19(20)22(16-7-5-4-6-8-16)23(27)18-11-12-32-15-18/h9-13,15-16H,4-8,14H2,1-3H3,(H,25,29). The third kappa shape index (κ3) is 4.83. The van der Waals surface area contributed by atoms with Crippen LogP contribution in [0.5, 0.6) is 0 Å². The maximum absolute atomic E-state index is 12.8. The molecule has 9 heteroatoms. The van der Waals surface area contributed by atoms with Crippen molar-refractivity contribution in [1.29, 1.82) is 0 Å². The second-order valence-corrected chi connectivity index (χ2v) is 10.7. The number of sulfonamides is 1. The molecule has 0 atom stereocenters. The number of fused-ring (bicyclic) bond motifs is 1. The van der Waals surface area contributed by atoms with E-state index < -0.39 is 15.9 Å². The Bertz CT molecular complexity index is 1280. The topological polar surface area (TPSA) is 102 Å². The van der Waals surface area contributed by atoms with Crippen LogP contribution in [0.25, 0.3) is 22.2 Å². The van der Waals surface area contributed by atoms with E-state index in [-0.39, 0.29) is 18.0 Å². The third-order valence-corrected chi connectivity index (χ3v) is 6.80. The lowest BCUT2D eigenvalue weighted by molar-refractivity contribution is -0.129. The Morgan fingerprint density at radius 3 is 2.48 bits per heavy atom. The van der Waals surface area contributed by atoms with Gasteiger partial charge in [0.05, 0.1) is 30.0 Å². The van der Waals surface area contributed by atoms with Crippen molar-refractivity contribution in [3.8, 4) is 11.3 Å². The maximum atomic E-state index is 12.8. The van der Waals surface area contributed by atoms with E-state index in [0.29, 0.717) is 5.92 Å². The predicted molar refractivity (Wildman–Crippen MR) is 126 cm³/mol. The summed E-state index contributed by atoms with van der Waals surface area (Å²) in [6.07, 6.45) is 9.85. The Morgan fingerprint density at radius 2 is 1.88 bits per heavy atom. The number of hydrogen-bond donors (Lipinski definition) is 1. The Hall–Kier alpha value is -3.07. The summed E-state index contributed by atoms with van der Waals surface area (Å²) in [6, 6.07) is 7.08.